The van der Waals surface area contributed by atoms with Crippen LogP contribution in [-0.4, -0.2) is 81.3 Å². The van der Waals surface area contributed by atoms with Gasteiger partial charge >= 0.3 is 0 Å². The van der Waals surface area contributed by atoms with Crippen molar-refractivity contribution in [2.45, 2.75) is 25.3 Å². The SMILES string of the molecule is CN(C)C(=O)CN=C(NCC1CCOC1)NC1CCN(c2ccccn2)CC1.I. The Hall–Kier alpha value is -1.62. The third kappa shape index (κ3) is 7.61. The van der Waals surface area contributed by atoms with Gasteiger partial charge in [-0.25, -0.2) is 9.98 Å². The highest BCUT2D eigenvalue weighted by Gasteiger charge is 2.22. The lowest BCUT2D eigenvalue weighted by Crippen LogP contribution is -2.50. The third-order valence-electron chi connectivity index (χ3n) is 5.26. The van der Waals surface area contributed by atoms with E-state index in [1.54, 1.807) is 19.0 Å². The molecule has 9 heteroatoms. The van der Waals surface area contributed by atoms with Crippen molar-refractivity contribution >= 4 is 41.7 Å². The number of carbonyl (C=O) groups is 1. The number of piperidine rings is 1. The summed E-state index contributed by atoms with van der Waals surface area (Å²) >= 11 is 0. The van der Waals surface area contributed by atoms with Gasteiger partial charge in [0.05, 0.1) is 6.61 Å². The second-order valence-corrected chi connectivity index (χ2v) is 7.66. The number of pyridine rings is 1. The van der Waals surface area contributed by atoms with Crippen LogP contribution in [0.1, 0.15) is 19.3 Å². The first kappa shape index (κ1) is 23.7. The summed E-state index contributed by atoms with van der Waals surface area (Å²) < 4.78 is 5.45. The number of anilines is 1. The third-order valence-corrected chi connectivity index (χ3v) is 5.26. The first-order valence-corrected chi connectivity index (χ1v) is 10.1. The van der Waals surface area contributed by atoms with Crippen LogP contribution in [0.25, 0.3) is 0 Å². The van der Waals surface area contributed by atoms with E-state index < -0.39 is 0 Å². The van der Waals surface area contributed by atoms with Gasteiger partial charge in [0, 0.05) is 58.5 Å². The van der Waals surface area contributed by atoms with E-state index in [1.807, 2.05) is 18.3 Å². The van der Waals surface area contributed by atoms with E-state index in [4.69, 9.17) is 4.74 Å². The maximum absolute atomic E-state index is 11.9. The fraction of sp³-hybridized carbons (Fsp3) is 0.650. The van der Waals surface area contributed by atoms with E-state index in [0.717, 1.165) is 63.9 Å². The number of nitrogens with one attached hydrogen (secondary N) is 2. The standard InChI is InChI=1S/C20H32N6O2.HI/c1-25(2)19(27)14-23-20(22-13-16-8-12-28-15-16)24-17-6-10-26(11-7-17)18-5-3-4-9-21-18;/h3-5,9,16-17H,6-8,10-15H2,1-2H3,(H2,22,23,24);1H. The number of ether oxygens (including phenoxy) is 1. The van der Waals surface area contributed by atoms with Crippen LogP contribution in [0.3, 0.4) is 0 Å². The number of guanidine groups is 1. The highest BCUT2D eigenvalue weighted by molar-refractivity contribution is 14.0. The summed E-state index contributed by atoms with van der Waals surface area (Å²) in [4.78, 5) is 24.8. The summed E-state index contributed by atoms with van der Waals surface area (Å²) in [7, 11) is 3.50. The zero-order chi connectivity index (χ0) is 19.8. The molecule has 0 aromatic carbocycles. The fourth-order valence-corrected chi connectivity index (χ4v) is 3.41. The normalized spacial score (nSPS) is 20.1. The molecule has 1 unspecified atom stereocenters. The predicted octanol–water partition coefficient (Wildman–Crippen LogP) is 1.33. The molecule has 3 rings (SSSR count). The number of hydrogen-bond acceptors (Lipinski definition) is 5. The summed E-state index contributed by atoms with van der Waals surface area (Å²) in [5.74, 6) is 2.25. The van der Waals surface area contributed by atoms with Crippen LogP contribution in [0.2, 0.25) is 0 Å². The number of aromatic nitrogens is 1. The van der Waals surface area contributed by atoms with Gasteiger partial charge in [-0.15, -0.1) is 24.0 Å². The molecule has 1 aromatic heterocycles. The highest BCUT2D eigenvalue weighted by Crippen LogP contribution is 2.17. The number of halogens is 1. The molecule has 0 radical (unpaired) electrons. The molecule has 0 aliphatic carbocycles. The lowest BCUT2D eigenvalue weighted by molar-refractivity contribution is -0.127. The molecule has 1 amide bonds. The topological polar surface area (TPSA) is 82.1 Å². The maximum Gasteiger partial charge on any atom is 0.243 e. The van der Waals surface area contributed by atoms with Crippen molar-refractivity contribution in [3.63, 3.8) is 0 Å². The van der Waals surface area contributed by atoms with Gasteiger partial charge in [-0.3, -0.25) is 4.79 Å². The molecule has 2 aliphatic heterocycles. The summed E-state index contributed by atoms with van der Waals surface area (Å²) in [5, 5.41) is 6.93. The molecule has 162 valence electrons. The van der Waals surface area contributed by atoms with E-state index in [0.29, 0.717) is 12.0 Å². The van der Waals surface area contributed by atoms with Crippen molar-refractivity contribution in [2.24, 2.45) is 10.9 Å². The number of aliphatic imine (C=N–C) groups is 1. The van der Waals surface area contributed by atoms with E-state index in [1.165, 1.54) is 0 Å². The van der Waals surface area contributed by atoms with Crippen molar-refractivity contribution < 1.29 is 9.53 Å². The molecule has 1 aromatic rings. The number of nitrogens with zero attached hydrogens (tertiary/aromatic N) is 4. The van der Waals surface area contributed by atoms with E-state index >= 15 is 0 Å². The Morgan fingerprint density at radius 2 is 2.10 bits per heavy atom. The van der Waals surface area contributed by atoms with Crippen molar-refractivity contribution in [2.75, 3.05) is 58.4 Å². The van der Waals surface area contributed by atoms with Crippen molar-refractivity contribution in [1.29, 1.82) is 0 Å². The largest absolute Gasteiger partial charge is 0.381 e. The molecule has 29 heavy (non-hydrogen) atoms. The minimum Gasteiger partial charge on any atom is -0.381 e. The van der Waals surface area contributed by atoms with Crippen molar-refractivity contribution in [3.8, 4) is 0 Å². The van der Waals surface area contributed by atoms with Gasteiger partial charge in [0.2, 0.25) is 5.91 Å². The molecular formula is C20H33IN6O2. The lowest BCUT2D eigenvalue weighted by atomic mass is 10.1. The van der Waals surface area contributed by atoms with Gasteiger partial charge in [-0.2, -0.15) is 0 Å². The zero-order valence-corrected chi connectivity index (χ0v) is 19.7. The predicted molar refractivity (Wildman–Crippen MR) is 126 cm³/mol. The van der Waals surface area contributed by atoms with Crippen molar-refractivity contribution in [1.82, 2.24) is 20.5 Å². The first-order valence-electron chi connectivity index (χ1n) is 10.1. The Bertz CT molecular complexity index is 644. The molecule has 2 saturated heterocycles. The Balaban J connectivity index is 0.00000300. The molecule has 2 aliphatic rings. The van der Waals surface area contributed by atoms with Gasteiger partial charge in [0.1, 0.15) is 12.4 Å². The second-order valence-electron chi connectivity index (χ2n) is 7.66. The zero-order valence-electron chi connectivity index (χ0n) is 17.3. The Labute approximate surface area is 190 Å². The minimum absolute atomic E-state index is 0. The molecule has 8 nitrogen and oxygen atoms in total. The van der Waals surface area contributed by atoms with Gasteiger partial charge in [0.25, 0.3) is 0 Å². The highest BCUT2D eigenvalue weighted by atomic mass is 127. The lowest BCUT2D eigenvalue weighted by Gasteiger charge is -2.34. The monoisotopic (exact) mass is 516 g/mol. The van der Waals surface area contributed by atoms with Gasteiger partial charge < -0.3 is 25.2 Å². The van der Waals surface area contributed by atoms with Crippen LogP contribution in [0.4, 0.5) is 5.82 Å². The second kappa shape index (κ2) is 12.2. The van der Waals surface area contributed by atoms with Gasteiger partial charge in [0.15, 0.2) is 5.96 Å². The Kier molecular flexibility index (Phi) is 9.92. The summed E-state index contributed by atoms with van der Waals surface area (Å²) in [5.41, 5.74) is 0. The quantitative estimate of drug-likeness (QED) is 0.338. The summed E-state index contributed by atoms with van der Waals surface area (Å²) in [6.45, 7) is 4.49. The first-order chi connectivity index (χ1) is 13.6. The van der Waals surface area contributed by atoms with Crippen LogP contribution in [0, 0.1) is 5.92 Å². The fourth-order valence-electron chi connectivity index (χ4n) is 3.41. The molecule has 0 spiro atoms. The molecule has 2 fully saturated rings. The molecule has 2 N–H and O–H groups in total. The molecule has 0 saturated carbocycles. The molecule has 3 heterocycles. The average molecular weight is 516 g/mol. The smallest absolute Gasteiger partial charge is 0.243 e. The molecular weight excluding hydrogens is 483 g/mol. The molecule has 1 atom stereocenters. The Morgan fingerprint density at radius 3 is 2.72 bits per heavy atom. The summed E-state index contributed by atoms with van der Waals surface area (Å²) in [6.07, 6.45) is 4.92. The minimum atomic E-state index is -0.00438. The van der Waals surface area contributed by atoms with Gasteiger partial charge in [-0.1, -0.05) is 6.07 Å². The number of carbonyl (C=O) groups excluding carboxylic acids is 1. The van der Waals surface area contributed by atoms with E-state index in [2.05, 4.69) is 31.6 Å². The number of likely N-dealkylation sites (N-methyl/N-ethyl adjacent to an activating group) is 1. The summed E-state index contributed by atoms with van der Waals surface area (Å²) in [6, 6.07) is 6.35. The molecule has 0 bridgehead atoms. The van der Waals surface area contributed by atoms with Crippen LogP contribution in [0.5, 0.6) is 0 Å². The van der Waals surface area contributed by atoms with Crippen LogP contribution in [0.15, 0.2) is 29.4 Å². The number of hydrogen-bond donors (Lipinski definition) is 2. The van der Waals surface area contributed by atoms with Gasteiger partial charge in [-0.05, 0) is 31.4 Å². The number of rotatable bonds is 6. The maximum atomic E-state index is 11.9. The van der Waals surface area contributed by atoms with Crippen LogP contribution >= 0.6 is 24.0 Å². The van der Waals surface area contributed by atoms with Crippen LogP contribution < -0.4 is 15.5 Å². The van der Waals surface area contributed by atoms with Crippen molar-refractivity contribution in [3.05, 3.63) is 24.4 Å². The van der Waals surface area contributed by atoms with Crippen LogP contribution in [-0.2, 0) is 9.53 Å². The number of amides is 1. The van der Waals surface area contributed by atoms with E-state index in [9.17, 15) is 4.79 Å². The Morgan fingerprint density at radius 1 is 1.31 bits per heavy atom. The van der Waals surface area contributed by atoms with E-state index in [-0.39, 0.29) is 36.4 Å². The average Bonchev–Trinajstić information content (AvgIpc) is 3.24.